The Kier molecular flexibility index (Phi) is 2.38. The lowest BCUT2D eigenvalue weighted by Crippen LogP contribution is -1.98. The molecule has 0 aliphatic carbocycles. The second kappa shape index (κ2) is 4.12. The van der Waals surface area contributed by atoms with E-state index in [1.807, 2.05) is 18.2 Å². The van der Waals surface area contributed by atoms with E-state index in [0.717, 1.165) is 15.3 Å². The van der Waals surface area contributed by atoms with Crippen molar-refractivity contribution in [2.75, 3.05) is 5.73 Å². The van der Waals surface area contributed by atoms with Gasteiger partial charge in [0.05, 0.1) is 21.8 Å². The van der Waals surface area contributed by atoms with Crippen LogP contribution < -0.4 is 5.73 Å². The summed E-state index contributed by atoms with van der Waals surface area (Å²) in [5.41, 5.74) is 7.28. The summed E-state index contributed by atoms with van der Waals surface area (Å²) in [4.78, 5) is 12.7. The highest BCUT2D eigenvalue weighted by Gasteiger charge is 2.13. The third-order valence-electron chi connectivity index (χ3n) is 2.92. The molecule has 0 spiro atoms. The van der Waals surface area contributed by atoms with Crippen LogP contribution in [0.15, 0.2) is 30.7 Å². The van der Waals surface area contributed by atoms with E-state index in [2.05, 4.69) is 20.1 Å². The minimum Gasteiger partial charge on any atom is -0.383 e. The van der Waals surface area contributed by atoms with Gasteiger partial charge in [-0.1, -0.05) is 22.9 Å². The van der Waals surface area contributed by atoms with Crippen molar-refractivity contribution >= 4 is 50.0 Å². The predicted octanol–water partition coefficient (Wildman–Crippen LogP) is 2.66. The fourth-order valence-electron chi connectivity index (χ4n) is 1.98. The number of nitrogens with two attached hydrogens (primary N) is 1. The van der Waals surface area contributed by atoms with E-state index < -0.39 is 0 Å². The third-order valence-corrected chi connectivity index (χ3v) is 4.16. The molecule has 6 nitrogen and oxygen atoms in total. The van der Waals surface area contributed by atoms with E-state index >= 15 is 0 Å². The first-order valence-corrected chi connectivity index (χ1v) is 6.92. The van der Waals surface area contributed by atoms with E-state index in [1.54, 1.807) is 10.9 Å². The Hall–Kier alpha value is -2.25. The number of hydrogen-bond acceptors (Lipinski definition) is 6. The normalized spacial score (nSPS) is 11.4. The number of benzene rings is 1. The van der Waals surface area contributed by atoms with Crippen LogP contribution in [0.25, 0.3) is 26.4 Å². The Morgan fingerprint density at radius 1 is 1.25 bits per heavy atom. The molecule has 8 heteroatoms. The molecule has 0 aliphatic heterocycles. The lowest BCUT2D eigenvalue weighted by Gasteiger charge is -1.97. The lowest BCUT2D eigenvalue weighted by molar-refractivity contribution is 0.887. The fourth-order valence-corrected chi connectivity index (χ4v) is 3.05. The Morgan fingerprint density at radius 2 is 2.15 bits per heavy atom. The van der Waals surface area contributed by atoms with E-state index in [1.165, 1.54) is 17.7 Å². The number of fused-ring (bicyclic) bond motifs is 2. The standard InChI is InChI=1S/C12H7ClN6S/c13-6-1-2-9-8(3-6)18-12(20-9)19-11-7(4-17-19)10(14)15-5-16-11/h1-5H,(H2,14,15,16). The number of hydrogen-bond donors (Lipinski definition) is 1. The molecule has 0 saturated carbocycles. The highest BCUT2D eigenvalue weighted by Crippen LogP contribution is 2.28. The molecule has 20 heavy (non-hydrogen) atoms. The quantitative estimate of drug-likeness (QED) is 0.584. The minimum atomic E-state index is 0.408. The summed E-state index contributed by atoms with van der Waals surface area (Å²) >= 11 is 7.49. The maximum absolute atomic E-state index is 5.97. The average molecular weight is 303 g/mol. The summed E-state index contributed by atoms with van der Waals surface area (Å²) in [5, 5.41) is 6.38. The highest BCUT2D eigenvalue weighted by molar-refractivity contribution is 7.20. The molecule has 0 aliphatic rings. The van der Waals surface area contributed by atoms with Crippen molar-refractivity contribution in [3.05, 3.63) is 35.7 Å². The molecular weight excluding hydrogens is 296 g/mol. The van der Waals surface area contributed by atoms with Gasteiger partial charge >= 0.3 is 0 Å². The van der Waals surface area contributed by atoms with E-state index in [0.29, 0.717) is 21.9 Å². The zero-order chi connectivity index (χ0) is 13.7. The third kappa shape index (κ3) is 1.64. The van der Waals surface area contributed by atoms with Gasteiger partial charge in [0.1, 0.15) is 12.1 Å². The molecular formula is C12H7ClN6S. The zero-order valence-corrected chi connectivity index (χ0v) is 11.6. The van der Waals surface area contributed by atoms with Crippen LogP contribution in [0.1, 0.15) is 0 Å². The zero-order valence-electron chi connectivity index (χ0n) is 9.99. The number of halogens is 1. The Balaban J connectivity index is 1.99. The van der Waals surface area contributed by atoms with Gasteiger partial charge in [-0.3, -0.25) is 0 Å². The van der Waals surface area contributed by atoms with Crippen molar-refractivity contribution in [2.24, 2.45) is 0 Å². The van der Waals surface area contributed by atoms with Gasteiger partial charge in [0.25, 0.3) is 0 Å². The van der Waals surface area contributed by atoms with E-state index in [9.17, 15) is 0 Å². The molecule has 2 N–H and O–H groups in total. The first-order valence-electron chi connectivity index (χ1n) is 5.73. The van der Waals surface area contributed by atoms with Gasteiger partial charge < -0.3 is 5.73 Å². The van der Waals surface area contributed by atoms with E-state index in [-0.39, 0.29) is 0 Å². The van der Waals surface area contributed by atoms with Crippen molar-refractivity contribution in [3.8, 4) is 5.13 Å². The fraction of sp³-hybridized carbons (Fsp3) is 0. The van der Waals surface area contributed by atoms with Crippen molar-refractivity contribution in [2.45, 2.75) is 0 Å². The van der Waals surface area contributed by atoms with Gasteiger partial charge in [-0.05, 0) is 18.2 Å². The van der Waals surface area contributed by atoms with Crippen molar-refractivity contribution in [3.63, 3.8) is 0 Å². The van der Waals surface area contributed by atoms with Crippen molar-refractivity contribution in [1.29, 1.82) is 0 Å². The molecule has 0 amide bonds. The topological polar surface area (TPSA) is 82.5 Å². The molecule has 4 rings (SSSR count). The molecule has 0 radical (unpaired) electrons. The molecule has 1 aromatic carbocycles. The van der Waals surface area contributed by atoms with Gasteiger partial charge in [0.2, 0.25) is 5.13 Å². The summed E-state index contributed by atoms with van der Waals surface area (Å²) < 4.78 is 2.70. The van der Waals surface area contributed by atoms with Crippen molar-refractivity contribution < 1.29 is 0 Å². The van der Waals surface area contributed by atoms with Crippen LogP contribution in [0.2, 0.25) is 5.02 Å². The maximum Gasteiger partial charge on any atom is 0.213 e. The first-order chi connectivity index (χ1) is 9.72. The average Bonchev–Trinajstić information content (AvgIpc) is 3.01. The van der Waals surface area contributed by atoms with Crippen LogP contribution in [-0.2, 0) is 0 Å². The summed E-state index contributed by atoms with van der Waals surface area (Å²) in [6.07, 6.45) is 3.06. The molecule has 0 fully saturated rings. The summed E-state index contributed by atoms with van der Waals surface area (Å²) in [5.74, 6) is 0.408. The molecule has 98 valence electrons. The predicted molar refractivity (Wildman–Crippen MR) is 79.3 cm³/mol. The summed E-state index contributed by atoms with van der Waals surface area (Å²) in [6.45, 7) is 0. The van der Waals surface area contributed by atoms with Crippen LogP contribution in [0.5, 0.6) is 0 Å². The Labute approximate surface area is 121 Å². The monoisotopic (exact) mass is 302 g/mol. The van der Waals surface area contributed by atoms with Gasteiger partial charge in [-0.15, -0.1) is 0 Å². The molecule has 0 unspecified atom stereocenters. The Bertz CT molecular complexity index is 944. The molecule has 3 aromatic heterocycles. The number of thiazole rings is 1. The number of nitrogens with zero attached hydrogens (tertiary/aromatic N) is 5. The van der Waals surface area contributed by atoms with Crippen LogP contribution in [0.4, 0.5) is 5.82 Å². The van der Waals surface area contributed by atoms with Crippen LogP contribution in [0, 0.1) is 0 Å². The maximum atomic E-state index is 5.97. The molecule has 3 heterocycles. The first kappa shape index (κ1) is 11.6. The van der Waals surface area contributed by atoms with E-state index in [4.69, 9.17) is 17.3 Å². The SMILES string of the molecule is Nc1ncnc2c1cnn2-c1nc2cc(Cl)ccc2s1. The van der Waals surface area contributed by atoms with Crippen LogP contribution in [0.3, 0.4) is 0 Å². The smallest absolute Gasteiger partial charge is 0.213 e. The number of rotatable bonds is 1. The Morgan fingerprint density at radius 3 is 3.05 bits per heavy atom. The molecule has 4 aromatic rings. The van der Waals surface area contributed by atoms with Gasteiger partial charge in [0, 0.05) is 5.02 Å². The molecule has 0 bridgehead atoms. The second-order valence-electron chi connectivity index (χ2n) is 4.16. The van der Waals surface area contributed by atoms with Crippen molar-refractivity contribution in [1.82, 2.24) is 24.7 Å². The van der Waals surface area contributed by atoms with Gasteiger partial charge in [-0.2, -0.15) is 9.78 Å². The van der Waals surface area contributed by atoms with Gasteiger partial charge in [0.15, 0.2) is 5.65 Å². The van der Waals surface area contributed by atoms with Crippen LogP contribution in [-0.4, -0.2) is 24.7 Å². The minimum absolute atomic E-state index is 0.408. The summed E-state index contributed by atoms with van der Waals surface area (Å²) in [6, 6.07) is 5.60. The molecule has 0 saturated heterocycles. The second-order valence-corrected chi connectivity index (χ2v) is 5.61. The lowest BCUT2D eigenvalue weighted by atomic mass is 10.3. The molecule has 0 atom stereocenters. The summed E-state index contributed by atoms with van der Waals surface area (Å²) in [7, 11) is 0. The largest absolute Gasteiger partial charge is 0.383 e. The number of aromatic nitrogens is 5. The van der Waals surface area contributed by atoms with Gasteiger partial charge in [-0.25, -0.2) is 15.0 Å². The number of anilines is 1. The van der Waals surface area contributed by atoms with Crippen LogP contribution >= 0.6 is 22.9 Å². The highest BCUT2D eigenvalue weighted by atomic mass is 35.5. The number of nitrogen functional groups attached to an aromatic ring is 1.